The smallest absolute Gasteiger partial charge is 0.250 e. The van der Waals surface area contributed by atoms with Crippen LogP contribution in [0, 0.1) is 6.92 Å². The molecule has 0 saturated carbocycles. The van der Waals surface area contributed by atoms with Gasteiger partial charge in [0.1, 0.15) is 18.4 Å². The van der Waals surface area contributed by atoms with Crippen molar-refractivity contribution >= 4 is 34.6 Å². The molecule has 0 unspecified atom stereocenters. The number of amides is 1. The van der Waals surface area contributed by atoms with E-state index in [9.17, 15) is 4.79 Å². The minimum absolute atomic E-state index is 0.00248. The van der Waals surface area contributed by atoms with Crippen LogP contribution in [0.1, 0.15) is 29.0 Å². The minimum Gasteiger partial charge on any atom is -0.497 e. The lowest BCUT2D eigenvalue weighted by atomic mass is 10.00. The highest BCUT2D eigenvalue weighted by molar-refractivity contribution is 7.80. The van der Waals surface area contributed by atoms with E-state index in [1.807, 2.05) is 79.9 Å². The lowest BCUT2D eigenvalue weighted by Gasteiger charge is -2.29. The molecular weight excluding hydrogens is 498 g/mol. The summed E-state index contributed by atoms with van der Waals surface area (Å²) in [5.74, 6) is 0.597. The van der Waals surface area contributed by atoms with Gasteiger partial charge in [-0.15, -0.1) is 0 Å². The molecular formula is C29H29N5O3S. The predicted octanol–water partition coefficient (Wildman–Crippen LogP) is 4.95. The number of hydrogen-bond donors (Lipinski definition) is 2. The fourth-order valence-electron chi connectivity index (χ4n) is 4.80. The summed E-state index contributed by atoms with van der Waals surface area (Å²) in [6, 6.07) is 23.5. The van der Waals surface area contributed by atoms with Gasteiger partial charge in [-0.2, -0.15) is 0 Å². The topological polar surface area (TPSA) is 80.7 Å². The van der Waals surface area contributed by atoms with Crippen LogP contribution in [0.4, 0.5) is 11.4 Å². The van der Waals surface area contributed by atoms with E-state index in [0.717, 1.165) is 39.8 Å². The summed E-state index contributed by atoms with van der Waals surface area (Å²) in [6.07, 6.45) is 3.84. The molecule has 1 fully saturated rings. The first-order chi connectivity index (χ1) is 18.5. The first kappa shape index (κ1) is 25.4. The number of rotatable bonds is 8. The Bertz CT molecular complexity index is 1440. The Labute approximate surface area is 227 Å². The second kappa shape index (κ2) is 11.0. The molecule has 38 heavy (non-hydrogen) atoms. The third-order valence-electron chi connectivity index (χ3n) is 6.57. The summed E-state index contributed by atoms with van der Waals surface area (Å²) in [4.78, 5) is 18.9. The molecule has 0 aliphatic carbocycles. The number of nitrogens with one attached hydrogen (secondary N) is 2. The average molecular weight is 528 g/mol. The van der Waals surface area contributed by atoms with Crippen LogP contribution in [0.15, 0.2) is 85.2 Å². The number of nitrogens with zero attached hydrogens (tertiary/aromatic N) is 3. The molecule has 5 rings (SSSR count). The van der Waals surface area contributed by atoms with Crippen LogP contribution in [0.25, 0.3) is 5.69 Å². The zero-order valence-electron chi connectivity index (χ0n) is 21.4. The standard InChI is InChI=1S/C29H29N5O3S/c1-19-17-21(11-14-23(19)31-26(35)18-36-2)34-28(27(32-29(34)38)24-7-4-5-15-30-24)25-8-6-16-33(25)20-9-12-22(37-3)13-10-20/h4-17,27-28H,18H2,1-3H3,(H,31,35)(H,32,38)/t27-,28+/m1/s1. The Morgan fingerprint density at radius 2 is 1.84 bits per heavy atom. The molecule has 0 spiro atoms. The van der Waals surface area contributed by atoms with Crippen molar-refractivity contribution in [3.63, 3.8) is 0 Å². The Balaban J connectivity index is 1.57. The van der Waals surface area contributed by atoms with Gasteiger partial charge in [0.25, 0.3) is 0 Å². The molecule has 0 bridgehead atoms. The van der Waals surface area contributed by atoms with E-state index in [2.05, 4.69) is 31.2 Å². The molecule has 4 aromatic rings. The minimum atomic E-state index is -0.202. The monoisotopic (exact) mass is 527 g/mol. The number of aromatic nitrogens is 2. The van der Waals surface area contributed by atoms with E-state index >= 15 is 0 Å². The Kier molecular flexibility index (Phi) is 7.39. The molecule has 1 aliphatic heterocycles. The normalized spacial score (nSPS) is 16.8. The zero-order chi connectivity index (χ0) is 26.6. The average Bonchev–Trinajstić information content (AvgIpc) is 3.55. The highest BCUT2D eigenvalue weighted by Crippen LogP contribution is 2.43. The molecule has 194 valence electrons. The van der Waals surface area contributed by atoms with Crippen molar-refractivity contribution in [2.75, 3.05) is 31.0 Å². The van der Waals surface area contributed by atoms with Crippen LogP contribution < -0.4 is 20.3 Å². The van der Waals surface area contributed by atoms with E-state index < -0.39 is 0 Å². The Morgan fingerprint density at radius 3 is 2.53 bits per heavy atom. The van der Waals surface area contributed by atoms with Gasteiger partial charge in [0.2, 0.25) is 5.91 Å². The molecule has 0 radical (unpaired) electrons. The molecule has 2 atom stereocenters. The quantitative estimate of drug-likeness (QED) is 0.314. The van der Waals surface area contributed by atoms with Gasteiger partial charge in [0, 0.05) is 42.3 Å². The SMILES string of the molecule is COCC(=O)Nc1ccc(N2C(=S)N[C@H](c3ccccn3)[C@@H]2c2cccn2-c2ccc(OC)cc2)cc1C. The number of anilines is 2. The van der Waals surface area contributed by atoms with E-state index in [1.165, 1.54) is 7.11 Å². The molecule has 2 aromatic heterocycles. The highest BCUT2D eigenvalue weighted by atomic mass is 32.1. The summed E-state index contributed by atoms with van der Waals surface area (Å²) >= 11 is 5.90. The van der Waals surface area contributed by atoms with Gasteiger partial charge in [-0.1, -0.05) is 6.07 Å². The van der Waals surface area contributed by atoms with Crippen molar-refractivity contribution in [2.24, 2.45) is 0 Å². The van der Waals surface area contributed by atoms with E-state index in [4.69, 9.17) is 21.7 Å². The largest absolute Gasteiger partial charge is 0.497 e. The van der Waals surface area contributed by atoms with Gasteiger partial charge >= 0.3 is 0 Å². The molecule has 1 saturated heterocycles. The Hall–Kier alpha value is -4.21. The van der Waals surface area contributed by atoms with E-state index in [-0.39, 0.29) is 24.6 Å². The molecule has 9 heteroatoms. The van der Waals surface area contributed by atoms with Crippen LogP contribution in [0.5, 0.6) is 5.75 Å². The summed E-state index contributed by atoms with van der Waals surface area (Å²) < 4.78 is 12.5. The highest BCUT2D eigenvalue weighted by Gasteiger charge is 2.42. The molecule has 2 N–H and O–H groups in total. The maximum Gasteiger partial charge on any atom is 0.250 e. The van der Waals surface area contributed by atoms with Crippen LogP contribution in [0.3, 0.4) is 0 Å². The number of carbonyl (C=O) groups is 1. The van der Waals surface area contributed by atoms with Crippen LogP contribution in [-0.4, -0.2) is 41.4 Å². The predicted molar refractivity (Wildman–Crippen MR) is 152 cm³/mol. The van der Waals surface area contributed by atoms with Crippen LogP contribution in [-0.2, 0) is 9.53 Å². The first-order valence-corrected chi connectivity index (χ1v) is 12.6. The van der Waals surface area contributed by atoms with Crippen molar-refractivity contribution < 1.29 is 14.3 Å². The zero-order valence-corrected chi connectivity index (χ0v) is 22.2. The summed E-state index contributed by atoms with van der Waals surface area (Å²) in [5, 5.41) is 7.01. The van der Waals surface area contributed by atoms with Crippen molar-refractivity contribution in [3.05, 3.63) is 102 Å². The molecule has 2 aromatic carbocycles. The fraction of sp³-hybridized carbons (Fsp3) is 0.207. The van der Waals surface area contributed by atoms with Gasteiger partial charge in [0.15, 0.2) is 5.11 Å². The third-order valence-corrected chi connectivity index (χ3v) is 6.88. The Morgan fingerprint density at radius 1 is 1.05 bits per heavy atom. The number of ether oxygens (including phenoxy) is 2. The summed E-state index contributed by atoms with van der Waals surface area (Å²) in [5.41, 5.74) is 5.51. The van der Waals surface area contributed by atoms with Crippen molar-refractivity contribution in [3.8, 4) is 11.4 Å². The number of methoxy groups -OCH3 is 2. The molecule has 8 nitrogen and oxygen atoms in total. The van der Waals surface area contributed by atoms with Crippen molar-refractivity contribution in [1.29, 1.82) is 0 Å². The number of thiocarbonyl (C=S) groups is 1. The number of aryl methyl sites for hydroxylation is 1. The van der Waals surface area contributed by atoms with Crippen LogP contribution >= 0.6 is 12.2 Å². The van der Waals surface area contributed by atoms with Gasteiger partial charge in [-0.3, -0.25) is 9.78 Å². The van der Waals surface area contributed by atoms with Crippen molar-refractivity contribution in [1.82, 2.24) is 14.9 Å². The summed E-state index contributed by atoms with van der Waals surface area (Å²) in [7, 11) is 3.16. The number of benzene rings is 2. The second-order valence-corrected chi connectivity index (χ2v) is 9.36. The van der Waals surface area contributed by atoms with E-state index in [1.54, 1.807) is 13.3 Å². The number of pyridine rings is 1. The molecule has 1 amide bonds. The maximum absolute atomic E-state index is 12.1. The summed E-state index contributed by atoms with van der Waals surface area (Å²) in [6.45, 7) is 1.96. The van der Waals surface area contributed by atoms with E-state index in [0.29, 0.717) is 5.11 Å². The molecule has 1 aliphatic rings. The number of carbonyl (C=O) groups excluding carboxylic acids is 1. The lowest BCUT2D eigenvalue weighted by Crippen LogP contribution is -2.30. The number of hydrogen-bond acceptors (Lipinski definition) is 5. The fourth-order valence-corrected chi connectivity index (χ4v) is 5.15. The second-order valence-electron chi connectivity index (χ2n) is 8.98. The van der Waals surface area contributed by atoms with Gasteiger partial charge in [-0.25, -0.2) is 0 Å². The first-order valence-electron chi connectivity index (χ1n) is 12.2. The van der Waals surface area contributed by atoms with Crippen LogP contribution in [0.2, 0.25) is 0 Å². The molecule has 3 heterocycles. The third kappa shape index (κ3) is 4.98. The van der Waals surface area contributed by atoms with Crippen molar-refractivity contribution in [2.45, 2.75) is 19.0 Å². The maximum atomic E-state index is 12.1. The van der Waals surface area contributed by atoms with Gasteiger partial charge in [0.05, 0.1) is 18.8 Å². The lowest BCUT2D eigenvalue weighted by molar-refractivity contribution is -0.119. The van der Waals surface area contributed by atoms with Gasteiger partial charge in [-0.05, 0) is 91.4 Å². The van der Waals surface area contributed by atoms with Gasteiger partial charge < -0.3 is 29.6 Å².